The first kappa shape index (κ1) is 32.7. The number of terminal acetylenes is 1. The number of nitrogens with zero attached hydrogens (tertiary/aromatic N) is 5. The van der Waals surface area contributed by atoms with Gasteiger partial charge in [-0.3, -0.25) is 4.98 Å². The Morgan fingerprint density at radius 3 is 2.65 bits per heavy atom. The molecule has 4 atom stereocenters. The van der Waals surface area contributed by atoms with E-state index in [0.29, 0.717) is 26.1 Å². The van der Waals surface area contributed by atoms with E-state index in [1.54, 1.807) is 4.90 Å². The minimum absolute atomic E-state index is 0. The number of nitrogens with two attached hydrogens (primary N) is 1. The minimum Gasteiger partial charge on any atom is -0.479 e. The molecule has 5 heterocycles. The van der Waals surface area contributed by atoms with Crippen molar-refractivity contribution >= 4 is 33.2 Å². The van der Waals surface area contributed by atoms with E-state index in [9.17, 15) is 22.7 Å². The van der Waals surface area contributed by atoms with Crippen molar-refractivity contribution in [2.45, 2.75) is 50.2 Å². The van der Waals surface area contributed by atoms with Crippen LogP contribution < -0.4 is 10.6 Å². The number of pyridine rings is 1. The number of nitrogen functional groups attached to an aromatic ring is 1. The van der Waals surface area contributed by atoms with Crippen molar-refractivity contribution in [3.63, 3.8) is 0 Å². The number of ether oxygens (including phenoxy) is 1. The summed E-state index contributed by atoms with van der Waals surface area (Å²) in [6.07, 6.45) is 8.01. The molecular formula is C32H28F5N6O2U-. The zero-order valence-corrected chi connectivity index (χ0v) is 28.6. The van der Waals surface area contributed by atoms with Crippen LogP contribution in [0.4, 0.5) is 33.5 Å². The molecule has 4 aliphatic rings. The van der Waals surface area contributed by atoms with E-state index >= 15 is 4.39 Å². The maximum absolute atomic E-state index is 16.0. The van der Waals surface area contributed by atoms with E-state index in [-0.39, 0.29) is 75.6 Å². The molecule has 1 saturated carbocycles. The number of alkyl halides is 2. The Labute approximate surface area is 284 Å². The molecule has 14 heteroatoms. The van der Waals surface area contributed by atoms with Crippen molar-refractivity contribution < 1.29 is 62.9 Å². The van der Waals surface area contributed by atoms with Gasteiger partial charge in [0.1, 0.15) is 23.1 Å². The van der Waals surface area contributed by atoms with Gasteiger partial charge in [0.15, 0.2) is 23.6 Å². The van der Waals surface area contributed by atoms with Crippen molar-refractivity contribution in [3.05, 3.63) is 53.5 Å². The molecule has 1 aliphatic carbocycles. The monoisotopic (exact) mass is 861 g/mol. The number of halogens is 5. The molecule has 46 heavy (non-hydrogen) atoms. The van der Waals surface area contributed by atoms with Gasteiger partial charge in [-0.15, -0.1) is 12.8 Å². The maximum Gasteiger partial charge on any atom is 0.316 e. The Hall–Kier alpha value is -3.23. The predicted octanol–water partition coefficient (Wildman–Crippen LogP) is 5.20. The van der Waals surface area contributed by atoms with Gasteiger partial charge in [0.05, 0.1) is 23.2 Å². The fraction of sp³-hybridized carbons (Fsp3) is 0.375. The van der Waals surface area contributed by atoms with E-state index < -0.39 is 53.5 Å². The average molecular weight is 862 g/mol. The Balaban J connectivity index is 0.000000318. The van der Waals surface area contributed by atoms with E-state index in [4.69, 9.17) is 16.9 Å². The standard InChI is InChI=1S/C25H17F4N5O2.C7H11FN.U/c1-2-12-16-10(7-15(26)17(12)27)6-11(30)8-13(16)20-18(28)21-14(9-31-20)24(33-25(35)32-21)34-4-3-5-36-23-19(29)22(23)34;8-6-4-7-2-1-3-9(7)5-6;/h1,6-9,19,22-23H,3-5,30H2,(H,32,33,35);6H,1-5H2;/q;-1;/t19-,22-,23+;6-;/m11./s1. The van der Waals surface area contributed by atoms with Gasteiger partial charge < -0.3 is 25.4 Å². The number of fused-ring (bicyclic) bond motifs is 4. The number of benzene rings is 2. The van der Waals surface area contributed by atoms with E-state index in [1.807, 2.05) is 0 Å². The van der Waals surface area contributed by atoms with Gasteiger partial charge in [-0.05, 0) is 43.1 Å². The van der Waals surface area contributed by atoms with Gasteiger partial charge >= 0.3 is 6.01 Å². The van der Waals surface area contributed by atoms with Gasteiger partial charge in [-0.1, -0.05) is 12.3 Å². The van der Waals surface area contributed by atoms with Crippen molar-refractivity contribution in [1.82, 2.24) is 19.9 Å². The summed E-state index contributed by atoms with van der Waals surface area (Å²) in [6.45, 7) is 2.51. The fourth-order valence-electron chi connectivity index (χ4n) is 6.69. The van der Waals surface area contributed by atoms with E-state index in [0.717, 1.165) is 25.5 Å². The third-order valence-corrected chi connectivity index (χ3v) is 8.74. The molecule has 0 unspecified atom stereocenters. The molecule has 0 radical (unpaired) electrons. The number of aromatic nitrogens is 3. The Bertz CT molecular complexity index is 1860. The summed E-state index contributed by atoms with van der Waals surface area (Å²) >= 11 is 0. The SMILES string of the molecule is C#Cc1c(F)c(F)cc2cc(N)cc(-c3ncc4c(N5CCCO[C@H]6[C@H](F)[C@H]65)nc(O)nc4c3F)c12.F[C@@H]1C[C-]2CCCN2C1.[U]. The van der Waals surface area contributed by atoms with Gasteiger partial charge in [0.25, 0.3) is 0 Å². The average Bonchev–Trinajstić information content (AvgIpc) is 3.31. The van der Waals surface area contributed by atoms with Gasteiger partial charge in [0.2, 0.25) is 0 Å². The van der Waals surface area contributed by atoms with Gasteiger partial charge in [0, 0.05) is 67.1 Å². The third-order valence-electron chi connectivity index (χ3n) is 8.74. The second kappa shape index (κ2) is 12.8. The number of aromatic hydroxyl groups is 1. The topological polar surface area (TPSA) is 101 Å². The zero-order chi connectivity index (χ0) is 31.6. The van der Waals surface area contributed by atoms with Crippen LogP contribution in [0.2, 0.25) is 0 Å². The summed E-state index contributed by atoms with van der Waals surface area (Å²) in [5, 5.41) is 10.6. The molecule has 3 aliphatic heterocycles. The molecular weight excluding hydrogens is 833 g/mol. The van der Waals surface area contributed by atoms with Gasteiger partial charge in [-0.2, -0.15) is 16.4 Å². The molecule has 0 amide bonds. The minimum atomic E-state index is -1.26. The Morgan fingerprint density at radius 1 is 1.09 bits per heavy atom. The number of rotatable bonds is 2. The summed E-state index contributed by atoms with van der Waals surface area (Å²) in [7, 11) is 0. The smallest absolute Gasteiger partial charge is 0.316 e. The largest absolute Gasteiger partial charge is 0.479 e. The van der Waals surface area contributed by atoms with Crippen LogP contribution >= 0.6 is 0 Å². The first-order chi connectivity index (χ1) is 21.7. The van der Waals surface area contributed by atoms with E-state index in [1.165, 1.54) is 30.8 Å². The Kier molecular flexibility index (Phi) is 9.07. The summed E-state index contributed by atoms with van der Waals surface area (Å²) in [5.41, 5.74) is 5.12. The molecule has 8 nitrogen and oxygen atoms in total. The van der Waals surface area contributed by atoms with Crippen LogP contribution in [0.1, 0.15) is 31.2 Å². The molecule has 0 bridgehead atoms. The second-order valence-corrected chi connectivity index (χ2v) is 11.6. The normalized spacial score (nSPS) is 24.0. The van der Waals surface area contributed by atoms with Crippen molar-refractivity contribution in [2.75, 3.05) is 36.9 Å². The molecule has 4 fully saturated rings. The predicted molar refractivity (Wildman–Crippen MR) is 158 cm³/mol. The number of hydrogen-bond donors (Lipinski definition) is 2. The van der Waals surface area contributed by atoms with E-state index in [2.05, 4.69) is 25.8 Å². The number of anilines is 2. The van der Waals surface area contributed by atoms with Crippen molar-refractivity contribution in [3.8, 4) is 29.6 Å². The van der Waals surface area contributed by atoms with Gasteiger partial charge in [-0.25, -0.2) is 28.0 Å². The third kappa shape index (κ3) is 5.66. The summed E-state index contributed by atoms with van der Waals surface area (Å²) in [6, 6.07) is 3.66. The fourth-order valence-corrected chi connectivity index (χ4v) is 6.69. The molecule has 8 rings (SSSR count). The van der Waals surface area contributed by atoms with Crippen molar-refractivity contribution in [1.29, 1.82) is 0 Å². The summed E-state index contributed by atoms with van der Waals surface area (Å²) < 4.78 is 77.0. The van der Waals surface area contributed by atoms with Crippen LogP contribution in [0, 0.1) is 67.0 Å². The van der Waals surface area contributed by atoms with Crippen LogP contribution in [0.5, 0.6) is 6.01 Å². The molecule has 238 valence electrons. The quantitative estimate of drug-likeness (QED) is 0.123. The zero-order valence-electron chi connectivity index (χ0n) is 24.4. The van der Waals surface area contributed by atoms with Crippen LogP contribution in [-0.2, 0) is 4.74 Å². The molecule has 3 N–H and O–H groups in total. The van der Waals surface area contributed by atoms with Crippen LogP contribution in [0.25, 0.3) is 32.9 Å². The molecule has 3 saturated heterocycles. The van der Waals surface area contributed by atoms with Crippen molar-refractivity contribution in [2.24, 2.45) is 0 Å². The Morgan fingerprint density at radius 2 is 1.89 bits per heavy atom. The molecule has 0 spiro atoms. The molecule has 2 aromatic heterocycles. The molecule has 2 aromatic carbocycles. The second-order valence-electron chi connectivity index (χ2n) is 11.6. The summed E-state index contributed by atoms with van der Waals surface area (Å²) in [4.78, 5) is 15.9. The molecule has 4 aromatic rings. The first-order valence-electron chi connectivity index (χ1n) is 14.7. The first-order valence-corrected chi connectivity index (χ1v) is 14.7. The van der Waals surface area contributed by atoms with Crippen LogP contribution in [0.15, 0.2) is 24.4 Å². The van der Waals surface area contributed by atoms with Crippen LogP contribution in [-0.4, -0.2) is 75.7 Å². The number of hydrogen-bond acceptors (Lipinski definition) is 8. The summed E-state index contributed by atoms with van der Waals surface area (Å²) in [5.74, 6) is -1.17. The van der Waals surface area contributed by atoms with Crippen LogP contribution in [0.3, 0.4) is 0 Å². The maximum atomic E-state index is 16.0.